The summed E-state index contributed by atoms with van der Waals surface area (Å²) in [6.07, 6.45) is -2.72. The second-order valence-corrected chi connectivity index (χ2v) is 7.73. The Morgan fingerprint density at radius 1 is 1.36 bits per heavy atom. The van der Waals surface area contributed by atoms with Crippen LogP contribution in [0.25, 0.3) is 0 Å². The topological polar surface area (TPSA) is 91.8 Å². The van der Waals surface area contributed by atoms with Gasteiger partial charge in [0.05, 0.1) is 19.6 Å². The number of fused-ring (bicyclic) bond motifs is 1. The minimum absolute atomic E-state index is 0.248. The van der Waals surface area contributed by atoms with Gasteiger partial charge in [-0.3, -0.25) is 23.4 Å². The molecule has 1 fully saturated rings. The maximum atomic E-state index is 14.3. The van der Waals surface area contributed by atoms with Gasteiger partial charge in [0.1, 0.15) is 23.1 Å². The van der Waals surface area contributed by atoms with Crippen molar-refractivity contribution in [3.63, 3.8) is 0 Å². The lowest BCUT2D eigenvalue weighted by Crippen LogP contribution is -2.33. The van der Waals surface area contributed by atoms with Gasteiger partial charge in [0.25, 0.3) is 11.5 Å². The van der Waals surface area contributed by atoms with E-state index in [2.05, 4.69) is 0 Å². The Balaban J connectivity index is 1.43. The normalized spacial score (nSPS) is 25.9. The Labute approximate surface area is 162 Å². The van der Waals surface area contributed by atoms with E-state index in [1.807, 2.05) is 17.1 Å². The molecule has 8 nitrogen and oxygen atoms in total. The molecule has 0 spiro atoms. The molecule has 1 aromatic carbocycles. The highest BCUT2D eigenvalue weighted by molar-refractivity contribution is 7.42. The van der Waals surface area contributed by atoms with Gasteiger partial charge in [-0.1, -0.05) is 29.8 Å². The number of benzene rings is 1. The van der Waals surface area contributed by atoms with Crippen LogP contribution in [0, 0.1) is 0 Å². The number of H-pyrrole nitrogens is 1. The van der Waals surface area contributed by atoms with E-state index in [9.17, 15) is 18.4 Å². The quantitative estimate of drug-likeness (QED) is 0.744. The number of para-hydroxylation sites is 1. The zero-order valence-corrected chi connectivity index (χ0v) is 15.8. The van der Waals surface area contributed by atoms with Crippen molar-refractivity contribution < 1.29 is 27.1 Å². The average Bonchev–Trinajstić information content (AvgIpc) is 2.97. The van der Waals surface area contributed by atoms with Gasteiger partial charge in [0.2, 0.25) is 0 Å². The van der Waals surface area contributed by atoms with E-state index in [1.165, 1.54) is 0 Å². The SMILES string of the molecule is O=c1[nH]c(=O)n(C2CC(F)(F)C(COP3OCc4ccccc4O3)O2)cc1Cl. The van der Waals surface area contributed by atoms with Gasteiger partial charge in [0, 0.05) is 11.8 Å². The van der Waals surface area contributed by atoms with E-state index in [0.29, 0.717) is 5.75 Å². The first-order chi connectivity index (χ1) is 13.3. The van der Waals surface area contributed by atoms with Gasteiger partial charge in [0.15, 0.2) is 0 Å². The van der Waals surface area contributed by atoms with Crippen molar-refractivity contribution in [2.24, 2.45) is 0 Å². The third kappa shape index (κ3) is 3.83. The Kier molecular flexibility index (Phi) is 5.24. The highest BCUT2D eigenvalue weighted by atomic mass is 35.5. The maximum Gasteiger partial charge on any atom is 0.397 e. The number of nitrogens with one attached hydrogen (secondary N) is 1. The molecule has 0 radical (unpaired) electrons. The van der Waals surface area contributed by atoms with Crippen molar-refractivity contribution in [2.75, 3.05) is 6.61 Å². The van der Waals surface area contributed by atoms with E-state index in [1.54, 1.807) is 12.1 Å². The highest BCUT2D eigenvalue weighted by Crippen LogP contribution is 2.48. The van der Waals surface area contributed by atoms with Gasteiger partial charge < -0.3 is 9.26 Å². The number of halogens is 3. The van der Waals surface area contributed by atoms with Crippen LogP contribution < -0.4 is 15.8 Å². The number of hydrogen-bond donors (Lipinski definition) is 1. The van der Waals surface area contributed by atoms with Gasteiger partial charge in [-0.2, -0.15) is 0 Å². The number of aromatic amines is 1. The molecule has 1 aromatic heterocycles. The number of hydrogen-bond acceptors (Lipinski definition) is 6. The molecule has 2 aromatic rings. The molecular formula is C16H14ClF2N2O6P. The second kappa shape index (κ2) is 7.53. The summed E-state index contributed by atoms with van der Waals surface area (Å²) in [5, 5.41) is -0.308. The van der Waals surface area contributed by atoms with Crippen LogP contribution in [-0.4, -0.2) is 28.2 Å². The molecule has 0 amide bonds. The van der Waals surface area contributed by atoms with Crippen molar-refractivity contribution in [1.29, 1.82) is 0 Å². The average molecular weight is 435 g/mol. The van der Waals surface area contributed by atoms with Crippen LogP contribution in [0.2, 0.25) is 5.02 Å². The third-order valence-corrected chi connectivity index (χ3v) is 5.59. The van der Waals surface area contributed by atoms with Crippen molar-refractivity contribution in [2.45, 2.75) is 31.3 Å². The highest BCUT2D eigenvalue weighted by Gasteiger charge is 2.51. The molecule has 3 unspecified atom stereocenters. The zero-order valence-electron chi connectivity index (χ0n) is 14.1. The first-order valence-corrected chi connectivity index (χ1v) is 9.67. The fraction of sp³-hybridized carbons (Fsp3) is 0.375. The Hall–Kier alpha value is -1.84. The molecule has 12 heteroatoms. The molecule has 0 bridgehead atoms. The minimum atomic E-state index is -3.27. The minimum Gasteiger partial charge on any atom is -0.426 e. The summed E-state index contributed by atoms with van der Waals surface area (Å²) in [7, 11) is -1.85. The number of rotatable bonds is 4. The van der Waals surface area contributed by atoms with Crippen LogP contribution in [0.1, 0.15) is 18.2 Å². The number of aromatic nitrogens is 2. The largest absolute Gasteiger partial charge is 0.426 e. The van der Waals surface area contributed by atoms with E-state index in [0.717, 1.165) is 16.3 Å². The number of ether oxygens (including phenoxy) is 1. The van der Waals surface area contributed by atoms with Gasteiger partial charge in [-0.05, 0) is 6.07 Å². The third-order valence-electron chi connectivity index (χ3n) is 4.28. The molecule has 0 aliphatic carbocycles. The summed E-state index contributed by atoms with van der Waals surface area (Å²) in [5.74, 6) is -2.69. The standard InChI is InChI=1S/C16H14ClF2N2O6P/c17-10-6-21(15(23)20-14(10)22)13-5-16(18,19)12(26-13)8-25-28-24-7-9-3-1-2-4-11(9)27-28/h1-4,6,12-13H,5,7-8H2,(H,20,22,23). The predicted octanol–water partition coefficient (Wildman–Crippen LogP) is 2.97. The van der Waals surface area contributed by atoms with Crippen molar-refractivity contribution in [1.82, 2.24) is 9.55 Å². The summed E-state index contributed by atoms with van der Waals surface area (Å²) in [6, 6.07) is 7.18. The molecule has 3 heterocycles. The maximum absolute atomic E-state index is 14.3. The van der Waals surface area contributed by atoms with Crippen molar-refractivity contribution >= 4 is 20.2 Å². The van der Waals surface area contributed by atoms with E-state index in [-0.39, 0.29) is 11.6 Å². The van der Waals surface area contributed by atoms with E-state index >= 15 is 0 Å². The van der Waals surface area contributed by atoms with Crippen LogP contribution in [0.4, 0.5) is 8.78 Å². The molecule has 28 heavy (non-hydrogen) atoms. The monoisotopic (exact) mass is 434 g/mol. The lowest BCUT2D eigenvalue weighted by atomic mass is 10.2. The smallest absolute Gasteiger partial charge is 0.397 e. The molecule has 0 saturated carbocycles. The summed E-state index contributed by atoms with van der Waals surface area (Å²) in [6.45, 7) is -0.249. The summed E-state index contributed by atoms with van der Waals surface area (Å²) >= 11 is 5.67. The summed E-state index contributed by atoms with van der Waals surface area (Å²) in [4.78, 5) is 25.1. The number of alkyl halides is 2. The van der Waals surface area contributed by atoms with Crippen LogP contribution in [-0.2, 0) is 20.4 Å². The Morgan fingerprint density at radius 3 is 2.96 bits per heavy atom. The van der Waals surface area contributed by atoms with E-state index in [4.69, 9.17) is 29.9 Å². The van der Waals surface area contributed by atoms with Crippen LogP contribution in [0.15, 0.2) is 40.1 Å². The van der Waals surface area contributed by atoms with Gasteiger partial charge >= 0.3 is 14.3 Å². The molecule has 3 atom stereocenters. The first kappa shape index (κ1) is 19.5. The molecular weight excluding hydrogens is 421 g/mol. The van der Waals surface area contributed by atoms with Crippen LogP contribution in [0.3, 0.4) is 0 Å². The van der Waals surface area contributed by atoms with Crippen LogP contribution in [0.5, 0.6) is 5.75 Å². The second-order valence-electron chi connectivity index (χ2n) is 6.18. The molecule has 2 aliphatic rings. The molecule has 4 rings (SSSR count). The lowest BCUT2D eigenvalue weighted by molar-refractivity contribution is -0.0994. The van der Waals surface area contributed by atoms with Crippen molar-refractivity contribution in [3.05, 3.63) is 61.9 Å². The fourth-order valence-corrected chi connectivity index (χ4v) is 4.01. The summed E-state index contributed by atoms with van der Waals surface area (Å²) < 4.78 is 51.1. The van der Waals surface area contributed by atoms with E-state index < -0.39 is 51.1 Å². The Morgan fingerprint density at radius 2 is 2.14 bits per heavy atom. The summed E-state index contributed by atoms with van der Waals surface area (Å²) in [5.41, 5.74) is -0.861. The number of nitrogens with zero attached hydrogens (tertiary/aromatic N) is 1. The van der Waals surface area contributed by atoms with Gasteiger partial charge in [-0.15, -0.1) is 0 Å². The molecule has 150 valence electrons. The lowest BCUT2D eigenvalue weighted by Gasteiger charge is -2.25. The fourth-order valence-electron chi connectivity index (χ4n) is 2.83. The molecule has 1 N–H and O–H groups in total. The molecule has 2 aliphatic heterocycles. The van der Waals surface area contributed by atoms with Crippen molar-refractivity contribution in [3.8, 4) is 5.75 Å². The first-order valence-electron chi connectivity index (χ1n) is 8.19. The van der Waals surface area contributed by atoms with Gasteiger partial charge in [-0.25, -0.2) is 13.6 Å². The van der Waals surface area contributed by atoms with Crippen LogP contribution >= 0.6 is 20.2 Å². The predicted molar refractivity (Wildman–Crippen MR) is 94.5 cm³/mol. The zero-order chi connectivity index (χ0) is 19.9. The molecule has 1 saturated heterocycles. The Bertz CT molecular complexity index is 1000.